The molecule has 1 unspecified atom stereocenters. The minimum Gasteiger partial charge on any atom is -0.396 e. The maximum absolute atomic E-state index is 9.00. The predicted octanol–water partition coefficient (Wildman–Crippen LogP) is 0.783. The molecule has 84 valence electrons. The maximum atomic E-state index is 9.00. The Balaban J connectivity index is 2.64. The number of likely N-dealkylation sites (N-methyl/N-ethyl adjacent to an activating group) is 2. The number of aliphatic hydroxyl groups excluding tert-OH is 1. The van der Waals surface area contributed by atoms with Gasteiger partial charge in [0.1, 0.15) is 0 Å². The van der Waals surface area contributed by atoms with Crippen molar-refractivity contribution in [3.8, 4) is 0 Å². The molecule has 1 aliphatic heterocycles. The molecule has 0 amide bonds. The maximum Gasteiger partial charge on any atom is 0.0446 e. The van der Waals surface area contributed by atoms with Crippen LogP contribution in [0.2, 0.25) is 0 Å². The highest BCUT2D eigenvalue weighted by atomic mass is 16.3. The van der Waals surface area contributed by atoms with E-state index in [1.807, 2.05) is 0 Å². The zero-order valence-corrected chi connectivity index (χ0v) is 9.95. The first-order valence-corrected chi connectivity index (χ1v) is 5.49. The van der Waals surface area contributed by atoms with Gasteiger partial charge in [0.05, 0.1) is 0 Å². The molecule has 14 heavy (non-hydrogen) atoms. The highest BCUT2D eigenvalue weighted by molar-refractivity contribution is 4.88. The van der Waals surface area contributed by atoms with Crippen LogP contribution in [0.15, 0.2) is 0 Å². The van der Waals surface area contributed by atoms with Gasteiger partial charge in [-0.1, -0.05) is 0 Å². The molecule has 0 aliphatic carbocycles. The van der Waals surface area contributed by atoms with Gasteiger partial charge in [0, 0.05) is 24.7 Å². The molecule has 1 N–H and O–H groups in total. The minimum absolute atomic E-state index is 0.290. The third-order valence-electron chi connectivity index (χ3n) is 3.68. The summed E-state index contributed by atoms with van der Waals surface area (Å²) in [6, 6.07) is 0.506. The third kappa shape index (κ3) is 2.69. The first-order valence-electron chi connectivity index (χ1n) is 5.49. The van der Waals surface area contributed by atoms with Gasteiger partial charge >= 0.3 is 0 Å². The van der Waals surface area contributed by atoms with Gasteiger partial charge in [0.2, 0.25) is 0 Å². The second kappa shape index (κ2) is 4.60. The molecular formula is C11H24N2O. The standard InChI is InChI=1S/C11H24N2O/c1-11(2)6-7-12(3)10(5-8-14)9-13(11)4/h10,14H,5-9H2,1-4H3. The predicted molar refractivity (Wildman–Crippen MR) is 59.4 cm³/mol. The average molecular weight is 200 g/mol. The van der Waals surface area contributed by atoms with Crippen LogP contribution < -0.4 is 0 Å². The highest BCUT2D eigenvalue weighted by Gasteiger charge is 2.31. The van der Waals surface area contributed by atoms with Crippen molar-refractivity contribution in [3.05, 3.63) is 0 Å². The van der Waals surface area contributed by atoms with Gasteiger partial charge in [-0.15, -0.1) is 0 Å². The molecule has 3 heteroatoms. The number of aliphatic hydroxyl groups is 1. The van der Waals surface area contributed by atoms with Crippen molar-refractivity contribution in [2.24, 2.45) is 0 Å². The van der Waals surface area contributed by atoms with Crippen molar-refractivity contribution in [2.75, 3.05) is 33.8 Å². The Morgan fingerprint density at radius 3 is 2.57 bits per heavy atom. The third-order valence-corrected chi connectivity index (χ3v) is 3.68. The summed E-state index contributed by atoms with van der Waals surface area (Å²) in [6.45, 7) is 7.07. The Labute approximate surface area is 87.7 Å². The zero-order chi connectivity index (χ0) is 10.8. The summed E-state index contributed by atoms with van der Waals surface area (Å²) in [5.41, 5.74) is 0.290. The Morgan fingerprint density at radius 2 is 2.00 bits per heavy atom. The van der Waals surface area contributed by atoms with Crippen LogP contribution >= 0.6 is 0 Å². The molecule has 0 radical (unpaired) electrons. The van der Waals surface area contributed by atoms with E-state index in [0.717, 1.165) is 19.5 Å². The van der Waals surface area contributed by atoms with Gasteiger partial charge in [-0.2, -0.15) is 0 Å². The summed E-state index contributed by atoms with van der Waals surface area (Å²) in [5.74, 6) is 0. The number of hydrogen-bond donors (Lipinski definition) is 1. The molecule has 1 aliphatic rings. The average Bonchev–Trinajstić information content (AvgIpc) is 2.20. The SMILES string of the molecule is CN1CCC(C)(C)N(C)CC1CCO. The Morgan fingerprint density at radius 1 is 1.36 bits per heavy atom. The molecule has 3 nitrogen and oxygen atoms in total. The van der Waals surface area contributed by atoms with Gasteiger partial charge in [0.15, 0.2) is 0 Å². The lowest BCUT2D eigenvalue weighted by atomic mass is 9.99. The van der Waals surface area contributed by atoms with Crippen LogP contribution in [0.25, 0.3) is 0 Å². The summed E-state index contributed by atoms with van der Waals surface area (Å²) in [6.07, 6.45) is 2.08. The van der Waals surface area contributed by atoms with E-state index < -0.39 is 0 Å². The van der Waals surface area contributed by atoms with E-state index in [0.29, 0.717) is 18.2 Å². The van der Waals surface area contributed by atoms with Gasteiger partial charge in [-0.3, -0.25) is 4.90 Å². The van der Waals surface area contributed by atoms with Crippen LogP contribution in [-0.4, -0.2) is 60.3 Å². The Kier molecular flexibility index (Phi) is 3.93. The topological polar surface area (TPSA) is 26.7 Å². The Bertz CT molecular complexity index is 182. The molecule has 0 bridgehead atoms. The second-order valence-corrected chi connectivity index (χ2v) is 5.09. The molecule has 1 fully saturated rings. The largest absolute Gasteiger partial charge is 0.396 e. The zero-order valence-electron chi connectivity index (χ0n) is 9.95. The summed E-state index contributed by atoms with van der Waals surface area (Å²) < 4.78 is 0. The molecule has 0 aromatic carbocycles. The van der Waals surface area contributed by atoms with Gasteiger partial charge < -0.3 is 10.0 Å². The fourth-order valence-electron chi connectivity index (χ4n) is 1.99. The molecule has 1 rings (SSSR count). The molecule has 0 aromatic heterocycles. The first kappa shape index (κ1) is 12.0. The van der Waals surface area contributed by atoms with Gasteiger partial charge in [0.25, 0.3) is 0 Å². The number of hydrogen-bond acceptors (Lipinski definition) is 3. The smallest absolute Gasteiger partial charge is 0.0446 e. The fourth-order valence-corrected chi connectivity index (χ4v) is 1.99. The Hall–Kier alpha value is -0.120. The van der Waals surface area contributed by atoms with Crippen molar-refractivity contribution in [1.29, 1.82) is 0 Å². The van der Waals surface area contributed by atoms with Crippen LogP contribution in [0.1, 0.15) is 26.7 Å². The number of nitrogens with zero attached hydrogens (tertiary/aromatic N) is 2. The van der Waals surface area contributed by atoms with Crippen molar-refractivity contribution in [1.82, 2.24) is 9.80 Å². The van der Waals surface area contributed by atoms with E-state index in [1.165, 1.54) is 6.42 Å². The minimum atomic E-state index is 0.290. The summed E-state index contributed by atoms with van der Waals surface area (Å²) >= 11 is 0. The molecule has 1 heterocycles. The molecule has 1 saturated heterocycles. The molecule has 0 spiro atoms. The lowest BCUT2D eigenvalue weighted by Gasteiger charge is -2.34. The van der Waals surface area contributed by atoms with E-state index in [2.05, 4.69) is 37.7 Å². The van der Waals surface area contributed by atoms with Gasteiger partial charge in [-0.05, 0) is 47.3 Å². The summed E-state index contributed by atoms with van der Waals surface area (Å²) in [7, 11) is 4.35. The van der Waals surface area contributed by atoms with E-state index in [-0.39, 0.29) is 0 Å². The van der Waals surface area contributed by atoms with Crippen molar-refractivity contribution < 1.29 is 5.11 Å². The summed E-state index contributed by atoms with van der Waals surface area (Å²) in [4.78, 5) is 4.79. The monoisotopic (exact) mass is 200 g/mol. The van der Waals surface area contributed by atoms with Crippen LogP contribution in [-0.2, 0) is 0 Å². The van der Waals surface area contributed by atoms with E-state index in [9.17, 15) is 0 Å². The van der Waals surface area contributed by atoms with Gasteiger partial charge in [-0.25, -0.2) is 0 Å². The van der Waals surface area contributed by atoms with Crippen LogP contribution in [0.5, 0.6) is 0 Å². The highest BCUT2D eigenvalue weighted by Crippen LogP contribution is 2.23. The molecule has 0 saturated carbocycles. The normalized spacial score (nSPS) is 30.2. The van der Waals surface area contributed by atoms with E-state index >= 15 is 0 Å². The molecular weight excluding hydrogens is 176 g/mol. The lowest BCUT2D eigenvalue weighted by molar-refractivity contribution is 0.136. The van der Waals surface area contributed by atoms with Crippen molar-refractivity contribution >= 4 is 0 Å². The summed E-state index contributed by atoms with van der Waals surface area (Å²) in [5, 5.41) is 9.00. The van der Waals surface area contributed by atoms with Crippen molar-refractivity contribution in [2.45, 2.75) is 38.3 Å². The van der Waals surface area contributed by atoms with Crippen LogP contribution in [0, 0.1) is 0 Å². The van der Waals surface area contributed by atoms with Crippen LogP contribution in [0.4, 0.5) is 0 Å². The van der Waals surface area contributed by atoms with Crippen molar-refractivity contribution in [3.63, 3.8) is 0 Å². The molecule has 0 aromatic rings. The number of rotatable bonds is 2. The van der Waals surface area contributed by atoms with Crippen LogP contribution in [0.3, 0.4) is 0 Å². The lowest BCUT2D eigenvalue weighted by Crippen LogP contribution is -2.44. The quantitative estimate of drug-likeness (QED) is 0.714. The second-order valence-electron chi connectivity index (χ2n) is 5.09. The van der Waals surface area contributed by atoms with E-state index in [1.54, 1.807) is 0 Å². The fraction of sp³-hybridized carbons (Fsp3) is 1.00. The molecule has 1 atom stereocenters. The van der Waals surface area contributed by atoms with E-state index in [4.69, 9.17) is 5.11 Å². The first-order chi connectivity index (χ1) is 6.47.